The Kier molecular flexibility index (Phi) is 1.86. The number of anilines is 3. The molecule has 0 spiro atoms. The number of hydrogen-bond acceptors (Lipinski definition) is 4. The number of fused-ring (bicyclic) bond motifs is 2. The van der Waals surface area contributed by atoms with E-state index in [9.17, 15) is 0 Å². The average molecular weight is 224 g/mol. The first-order valence-electron chi connectivity index (χ1n) is 5.30. The summed E-state index contributed by atoms with van der Waals surface area (Å²) in [5.74, 6) is 0. The molecule has 0 saturated heterocycles. The number of benzene rings is 2. The zero-order valence-electron chi connectivity index (χ0n) is 9.14. The molecule has 0 radical (unpaired) electrons. The highest BCUT2D eigenvalue weighted by molar-refractivity contribution is 6.05. The molecule has 0 aliphatic heterocycles. The molecule has 0 bridgehead atoms. The minimum absolute atomic E-state index is 0.426. The molecule has 3 aromatic rings. The van der Waals surface area contributed by atoms with Crippen LogP contribution in [0.25, 0.3) is 21.8 Å². The number of hydrogen-bond donors (Lipinski definition) is 3. The van der Waals surface area contributed by atoms with Crippen LogP contribution in [0.2, 0.25) is 0 Å². The van der Waals surface area contributed by atoms with Gasteiger partial charge in [-0.3, -0.25) is 0 Å². The van der Waals surface area contributed by atoms with Crippen molar-refractivity contribution in [2.24, 2.45) is 0 Å². The lowest BCUT2D eigenvalue weighted by Crippen LogP contribution is -2.01. The van der Waals surface area contributed by atoms with Crippen LogP contribution >= 0.6 is 0 Å². The summed E-state index contributed by atoms with van der Waals surface area (Å²) in [6.07, 6.45) is 0. The van der Waals surface area contributed by atoms with Crippen molar-refractivity contribution in [1.82, 2.24) is 4.98 Å². The molecule has 4 heteroatoms. The van der Waals surface area contributed by atoms with Crippen molar-refractivity contribution >= 4 is 38.9 Å². The molecule has 2 aromatic carbocycles. The number of nitrogen functional groups attached to an aromatic ring is 3. The molecule has 0 amide bonds. The SMILES string of the molecule is Nc1cc2nc3ccccc3cc2c(N)c1N. The minimum atomic E-state index is 0.426. The molecule has 6 N–H and O–H groups in total. The normalized spacial score (nSPS) is 11.1. The lowest BCUT2D eigenvalue weighted by atomic mass is 10.1. The highest BCUT2D eigenvalue weighted by atomic mass is 14.8. The fraction of sp³-hybridized carbons (Fsp3) is 0. The quantitative estimate of drug-likeness (QED) is 0.403. The Balaban J connectivity index is 2.52. The topological polar surface area (TPSA) is 90.9 Å². The number of nitrogens with two attached hydrogens (primary N) is 3. The number of para-hydroxylation sites is 1. The predicted molar refractivity (Wildman–Crippen MR) is 72.5 cm³/mol. The summed E-state index contributed by atoms with van der Waals surface area (Å²) in [7, 11) is 0. The predicted octanol–water partition coefficient (Wildman–Crippen LogP) is 2.13. The number of nitrogens with zero attached hydrogens (tertiary/aromatic N) is 1. The maximum atomic E-state index is 5.97. The van der Waals surface area contributed by atoms with Crippen molar-refractivity contribution in [3.63, 3.8) is 0 Å². The summed E-state index contributed by atoms with van der Waals surface area (Å²) in [6.45, 7) is 0. The summed E-state index contributed by atoms with van der Waals surface area (Å²) < 4.78 is 0. The van der Waals surface area contributed by atoms with Crippen LogP contribution in [0.4, 0.5) is 17.1 Å². The molecule has 0 aliphatic carbocycles. The zero-order chi connectivity index (χ0) is 12.0. The van der Waals surface area contributed by atoms with Gasteiger partial charge in [-0.05, 0) is 18.2 Å². The van der Waals surface area contributed by atoms with Crippen LogP contribution < -0.4 is 17.2 Å². The molecule has 0 fully saturated rings. The van der Waals surface area contributed by atoms with Crippen LogP contribution in [-0.4, -0.2) is 4.98 Å². The molecule has 1 heterocycles. The minimum Gasteiger partial charge on any atom is -0.397 e. The highest BCUT2D eigenvalue weighted by Gasteiger charge is 2.08. The van der Waals surface area contributed by atoms with E-state index in [0.717, 1.165) is 21.8 Å². The van der Waals surface area contributed by atoms with Gasteiger partial charge in [0, 0.05) is 10.8 Å². The number of aromatic nitrogens is 1. The third kappa shape index (κ3) is 1.34. The van der Waals surface area contributed by atoms with E-state index in [4.69, 9.17) is 17.2 Å². The fourth-order valence-electron chi connectivity index (χ4n) is 1.98. The van der Waals surface area contributed by atoms with Gasteiger partial charge in [-0.15, -0.1) is 0 Å². The van der Waals surface area contributed by atoms with Crippen molar-refractivity contribution in [3.05, 3.63) is 36.4 Å². The van der Waals surface area contributed by atoms with Crippen LogP contribution in [-0.2, 0) is 0 Å². The van der Waals surface area contributed by atoms with E-state index in [-0.39, 0.29) is 0 Å². The van der Waals surface area contributed by atoms with Gasteiger partial charge in [0.2, 0.25) is 0 Å². The zero-order valence-corrected chi connectivity index (χ0v) is 9.14. The molecular weight excluding hydrogens is 212 g/mol. The maximum absolute atomic E-state index is 5.97. The number of pyridine rings is 1. The molecular formula is C13H12N4. The first-order valence-corrected chi connectivity index (χ1v) is 5.30. The van der Waals surface area contributed by atoms with E-state index in [0.29, 0.717) is 17.1 Å². The smallest absolute Gasteiger partial charge is 0.0789 e. The summed E-state index contributed by atoms with van der Waals surface area (Å²) in [4.78, 5) is 4.52. The fourth-order valence-corrected chi connectivity index (χ4v) is 1.98. The van der Waals surface area contributed by atoms with E-state index in [1.165, 1.54) is 0 Å². The highest BCUT2D eigenvalue weighted by Crippen LogP contribution is 2.32. The van der Waals surface area contributed by atoms with E-state index in [2.05, 4.69) is 4.98 Å². The third-order valence-corrected chi connectivity index (χ3v) is 2.94. The Bertz CT molecular complexity index is 734. The van der Waals surface area contributed by atoms with Gasteiger partial charge in [0.15, 0.2) is 0 Å². The summed E-state index contributed by atoms with van der Waals surface area (Å²) in [6, 6.07) is 11.6. The van der Waals surface area contributed by atoms with Crippen LogP contribution in [0.5, 0.6) is 0 Å². The van der Waals surface area contributed by atoms with Crippen molar-refractivity contribution < 1.29 is 0 Å². The van der Waals surface area contributed by atoms with Crippen LogP contribution in [0, 0.1) is 0 Å². The third-order valence-electron chi connectivity index (χ3n) is 2.94. The second kappa shape index (κ2) is 3.25. The largest absolute Gasteiger partial charge is 0.397 e. The van der Waals surface area contributed by atoms with Gasteiger partial charge >= 0.3 is 0 Å². The molecule has 1 aromatic heterocycles. The Labute approximate surface area is 98.0 Å². The molecule has 0 saturated carbocycles. The van der Waals surface area contributed by atoms with E-state index < -0.39 is 0 Å². The van der Waals surface area contributed by atoms with Crippen LogP contribution in [0.3, 0.4) is 0 Å². The molecule has 17 heavy (non-hydrogen) atoms. The Hall–Kier alpha value is -2.49. The molecule has 0 unspecified atom stereocenters. The van der Waals surface area contributed by atoms with Crippen molar-refractivity contribution in [2.75, 3.05) is 17.2 Å². The summed E-state index contributed by atoms with van der Waals surface area (Å²) in [5.41, 5.74) is 20.7. The molecule has 0 aliphatic rings. The first-order chi connectivity index (χ1) is 8.16. The number of rotatable bonds is 0. The van der Waals surface area contributed by atoms with Gasteiger partial charge in [0.1, 0.15) is 0 Å². The monoisotopic (exact) mass is 224 g/mol. The van der Waals surface area contributed by atoms with E-state index >= 15 is 0 Å². The standard InChI is InChI=1S/C13H12N4/c14-9-6-11-8(12(15)13(9)16)5-7-3-1-2-4-10(7)17-11/h1-6H,14-16H2. The summed E-state index contributed by atoms with van der Waals surface area (Å²) >= 11 is 0. The summed E-state index contributed by atoms with van der Waals surface area (Å²) in [5, 5.41) is 1.88. The molecule has 84 valence electrons. The van der Waals surface area contributed by atoms with Crippen molar-refractivity contribution in [2.45, 2.75) is 0 Å². The van der Waals surface area contributed by atoms with Gasteiger partial charge < -0.3 is 17.2 Å². The molecule has 4 nitrogen and oxygen atoms in total. The Morgan fingerprint density at radius 1 is 0.824 bits per heavy atom. The van der Waals surface area contributed by atoms with Crippen LogP contribution in [0.15, 0.2) is 36.4 Å². The van der Waals surface area contributed by atoms with Crippen molar-refractivity contribution in [3.8, 4) is 0 Å². The van der Waals surface area contributed by atoms with E-state index in [1.54, 1.807) is 6.07 Å². The average Bonchev–Trinajstić information content (AvgIpc) is 2.34. The lowest BCUT2D eigenvalue weighted by Gasteiger charge is -2.09. The van der Waals surface area contributed by atoms with Gasteiger partial charge in [0.25, 0.3) is 0 Å². The maximum Gasteiger partial charge on any atom is 0.0789 e. The van der Waals surface area contributed by atoms with Gasteiger partial charge in [-0.2, -0.15) is 0 Å². The Morgan fingerprint density at radius 2 is 1.59 bits per heavy atom. The van der Waals surface area contributed by atoms with Crippen LogP contribution in [0.1, 0.15) is 0 Å². The van der Waals surface area contributed by atoms with Gasteiger partial charge in [-0.1, -0.05) is 18.2 Å². The van der Waals surface area contributed by atoms with Gasteiger partial charge in [-0.25, -0.2) is 4.98 Å². The van der Waals surface area contributed by atoms with Gasteiger partial charge in [0.05, 0.1) is 28.1 Å². The first kappa shape index (κ1) is 9.72. The second-order valence-electron chi connectivity index (χ2n) is 4.04. The Morgan fingerprint density at radius 3 is 2.41 bits per heavy atom. The van der Waals surface area contributed by atoms with E-state index in [1.807, 2.05) is 30.3 Å². The lowest BCUT2D eigenvalue weighted by molar-refractivity contribution is 1.50. The molecule has 0 atom stereocenters. The second-order valence-corrected chi connectivity index (χ2v) is 4.04. The molecule has 3 rings (SSSR count). The van der Waals surface area contributed by atoms with Crippen molar-refractivity contribution in [1.29, 1.82) is 0 Å².